The molecular formula is C15H22O. The van der Waals surface area contributed by atoms with E-state index in [1.165, 1.54) is 19.3 Å². The Morgan fingerprint density at radius 2 is 2.25 bits per heavy atom. The highest BCUT2D eigenvalue weighted by Crippen LogP contribution is 2.58. The van der Waals surface area contributed by atoms with Crippen LogP contribution in [0.3, 0.4) is 0 Å². The van der Waals surface area contributed by atoms with Crippen molar-refractivity contribution >= 4 is 0 Å². The molecule has 0 aliphatic heterocycles. The third kappa shape index (κ3) is 1.48. The normalized spacial score (nSPS) is 46.3. The molecule has 3 aliphatic rings. The molecule has 0 aromatic rings. The van der Waals surface area contributed by atoms with Gasteiger partial charge in [0.25, 0.3) is 0 Å². The Hall–Kier alpha value is -0.560. The summed E-state index contributed by atoms with van der Waals surface area (Å²) in [5, 5.41) is 9.58. The molecule has 0 unspecified atom stereocenters. The fraction of sp³-hybridized carbons (Fsp3) is 0.733. The van der Waals surface area contributed by atoms with Crippen molar-refractivity contribution in [1.29, 1.82) is 0 Å². The van der Waals surface area contributed by atoms with E-state index in [2.05, 4.69) is 25.2 Å². The Balaban J connectivity index is 1.79. The van der Waals surface area contributed by atoms with Gasteiger partial charge in [0.15, 0.2) is 0 Å². The highest BCUT2D eigenvalue weighted by molar-refractivity contribution is 5.27. The molecule has 0 heterocycles. The number of rotatable bonds is 2. The SMILES string of the molecule is C[C@H](O)[C@H](C)C=C1C[C@H]2C[C@@H]1[C@@H]1C=CC[C@H]21. The Kier molecular flexibility index (Phi) is 2.47. The number of hydrogen-bond acceptors (Lipinski definition) is 1. The van der Waals surface area contributed by atoms with Crippen LogP contribution in [0.4, 0.5) is 0 Å². The lowest BCUT2D eigenvalue weighted by Crippen LogP contribution is -2.20. The summed E-state index contributed by atoms with van der Waals surface area (Å²) in [6.07, 6.45) is 11.0. The van der Waals surface area contributed by atoms with Crippen LogP contribution in [0.25, 0.3) is 0 Å². The van der Waals surface area contributed by atoms with Gasteiger partial charge >= 0.3 is 0 Å². The third-order valence-corrected chi connectivity index (χ3v) is 5.10. The van der Waals surface area contributed by atoms with Gasteiger partial charge in [-0.3, -0.25) is 0 Å². The second kappa shape index (κ2) is 3.73. The van der Waals surface area contributed by atoms with Gasteiger partial charge in [0.05, 0.1) is 6.10 Å². The zero-order valence-electron chi connectivity index (χ0n) is 10.3. The van der Waals surface area contributed by atoms with Crippen molar-refractivity contribution < 1.29 is 5.11 Å². The first-order chi connectivity index (χ1) is 7.66. The number of hydrogen-bond donors (Lipinski definition) is 1. The maximum atomic E-state index is 9.58. The number of aliphatic hydroxyl groups excluding tert-OH is 1. The van der Waals surface area contributed by atoms with Crippen molar-refractivity contribution in [3.63, 3.8) is 0 Å². The van der Waals surface area contributed by atoms with Gasteiger partial charge in [0.1, 0.15) is 0 Å². The van der Waals surface area contributed by atoms with E-state index in [4.69, 9.17) is 0 Å². The predicted molar refractivity (Wildman–Crippen MR) is 65.9 cm³/mol. The molecule has 2 bridgehead atoms. The summed E-state index contributed by atoms with van der Waals surface area (Å²) in [5.41, 5.74) is 1.64. The van der Waals surface area contributed by atoms with Crippen molar-refractivity contribution in [1.82, 2.24) is 0 Å². The molecule has 3 aliphatic carbocycles. The molecule has 1 N–H and O–H groups in total. The third-order valence-electron chi connectivity index (χ3n) is 5.10. The fourth-order valence-electron chi connectivity index (χ4n) is 4.05. The lowest BCUT2D eigenvalue weighted by Gasteiger charge is -2.27. The molecule has 3 rings (SSSR count). The average Bonchev–Trinajstić information content (AvgIpc) is 2.87. The summed E-state index contributed by atoms with van der Waals surface area (Å²) in [5.74, 6) is 3.88. The van der Waals surface area contributed by atoms with E-state index in [0.29, 0.717) is 5.92 Å². The molecule has 0 saturated heterocycles. The minimum absolute atomic E-state index is 0.207. The molecule has 0 amide bonds. The number of aliphatic hydroxyl groups is 1. The summed E-state index contributed by atoms with van der Waals surface area (Å²) in [6.45, 7) is 4.03. The molecule has 2 saturated carbocycles. The summed E-state index contributed by atoms with van der Waals surface area (Å²) in [7, 11) is 0. The number of fused-ring (bicyclic) bond motifs is 5. The summed E-state index contributed by atoms with van der Waals surface area (Å²) in [6, 6.07) is 0. The van der Waals surface area contributed by atoms with E-state index in [0.717, 1.165) is 23.7 Å². The average molecular weight is 218 g/mol. The molecule has 0 aromatic carbocycles. The van der Waals surface area contributed by atoms with E-state index in [-0.39, 0.29) is 6.10 Å². The van der Waals surface area contributed by atoms with Crippen LogP contribution in [0.15, 0.2) is 23.8 Å². The van der Waals surface area contributed by atoms with Crippen molar-refractivity contribution in [3.8, 4) is 0 Å². The van der Waals surface area contributed by atoms with Gasteiger partial charge in [0, 0.05) is 0 Å². The molecule has 0 aromatic heterocycles. The first-order valence-corrected chi connectivity index (χ1v) is 6.72. The van der Waals surface area contributed by atoms with E-state index in [1.54, 1.807) is 5.57 Å². The maximum Gasteiger partial charge on any atom is 0.0572 e. The minimum atomic E-state index is -0.207. The first-order valence-electron chi connectivity index (χ1n) is 6.72. The highest BCUT2D eigenvalue weighted by atomic mass is 16.3. The van der Waals surface area contributed by atoms with Crippen LogP contribution in [0.1, 0.15) is 33.1 Å². The van der Waals surface area contributed by atoms with Crippen molar-refractivity contribution in [2.75, 3.05) is 0 Å². The van der Waals surface area contributed by atoms with Gasteiger partial charge < -0.3 is 5.11 Å². The molecule has 1 nitrogen and oxygen atoms in total. The van der Waals surface area contributed by atoms with Crippen LogP contribution >= 0.6 is 0 Å². The van der Waals surface area contributed by atoms with Gasteiger partial charge in [0.2, 0.25) is 0 Å². The van der Waals surface area contributed by atoms with Crippen LogP contribution in [0.5, 0.6) is 0 Å². The van der Waals surface area contributed by atoms with Crippen LogP contribution < -0.4 is 0 Å². The van der Waals surface area contributed by atoms with Gasteiger partial charge in [-0.25, -0.2) is 0 Å². The van der Waals surface area contributed by atoms with E-state index in [9.17, 15) is 5.11 Å². The molecule has 16 heavy (non-hydrogen) atoms. The van der Waals surface area contributed by atoms with Crippen LogP contribution in [-0.2, 0) is 0 Å². The van der Waals surface area contributed by atoms with Gasteiger partial charge in [-0.15, -0.1) is 0 Å². The molecule has 88 valence electrons. The predicted octanol–water partition coefficient (Wildman–Crippen LogP) is 3.16. The first kappa shape index (κ1) is 10.6. The Morgan fingerprint density at radius 3 is 3.00 bits per heavy atom. The second-order valence-corrected chi connectivity index (χ2v) is 6.05. The molecular weight excluding hydrogens is 196 g/mol. The minimum Gasteiger partial charge on any atom is -0.393 e. The van der Waals surface area contributed by atoms with Crippen LogP contribution in [-0.4, -0.2) is 11.2 Å². The Labute approximate surface area is 98.2 Å². The fourth-order valence-corrected chi connectivity index (χ4v) is 4.05. The lowest BCUT2D eigenvalue weighted by molar-refractivity contribution is 0.156. The van der Waals surface area contributed by atoms with E-state index < -0.39 is 0 Å². The van der Waals surface area contributed by atoms with Gasteiger partial charge in [-0.05, 0) is 55.8 Å². The maximum absolute atomic E-state index is 9.58. The molecule has 2 fully saturated rings. The Bertz CT molecular complexity index is 339. The summed E-state index contributed by atoms with van der Waals surface area (Å²) < 4.78 is 0. The lowest BCUT2D eigenvalue weighted by atomic mass is 9.78. The quantitative estimate of drug-likeness (QED) is 0.706. The standard InChI is InChI=1S/C15H22O/c1-9(10(2)16)6-11-7-12-8-15(11)14-5-3-4-13(12)14/h3,5-6,9-10,12-16H,4,7-8H2,1-2H3/t9-,10+,12+,13-,14-,15+/m1/s1. The zero-order chi connectivity index (χ0) is 11.3. The molecule has 1 heteroatoms. The molecule has 6 atom stereocenters. The zero-order valence-corrected chi connectivity index (χ0v) is 10.3. The van der Waals surface area contributed by atoms with Crippen molar-refractivity contribution in [2.24, 2.45) is 29.6 Å². The second-order valence-electron chi connectivity index (χ2n) is 6.05. The largest absolute Gasteiger partial charge is 0.393 e. The topological polar surface area (TPSA) is 20.2 Å². The van der Waals surface area contributed by atoms with Crippen molar-refractivity contribution in [2.45, 2.75) is 39.2 Å². The van der Waals surface area contributed by atoms with Crippen LogP contribution in [0, 0.1) is 29.6 Å². The smallest absolute Gasteiger partial charge is 0.0572 e. The monoisotopic (exact) mass is 218 g/mol. The van der Waals surface area contributed by atoms with E-state index >= 15 is 0 Å². The molecule has 0 spiro atoms. The summed E-state index contributed by atoms with van der Waals surface area (Å²) >= 11 is 0. The summed E-state index contributed by atoms with van der Waals surface area (Å²) in [4.78, 5) is 0. The van der Waals surface area contributed by atoms with Gasteiger partial charge in [-0.1, -0.05) is 30.7 Å². The Morgan fingerprint density at radius 1 is 1.44 bits per heavy atom. The highest BCUT2D eigenvalue weighted by Gasteiger charge is 2.49. The number of allylic oxidation sites excluding steroid dienone is 3. The van der Waals surface area contributed by atoms with E-state index in [1.807, 2.05) is 6.92 Å². The van der Waals surface area contributed by atoms with Gasteiger partial charge in [-0.2, -0.15) is 0 Å². The molecule has 0 radical (unpaired) electrons. The van der Waals surface area contributed by atoms with Crippen LogP contribution in [0.2, 0.25) is 0 Å². The van der Waals surface area contributed by atoms with Crippen molar-refractivity contribution in [3.05, 3.63) is 23.8 Å².